The Morgan fingerprint density at radius 3 is 2.57 bits per heavy atom. The second-order valence-electron chi connectivity index (χ2n) is 9.64. The van der Waals surface area contributed by atoms with Crippen molar-refractivity contribution >= 4 is 52.3 Å². The number of rotatable bonds is 7. The first kappa shape index (κ1) is 29.4. The van der Waals surface area contributed by atoms with Crippen molar-refractivity contribution < 1.29 is 23.3 Å². The Labute approximate surface area is 262 Å². The van der Waals surface area contributed by atoms with Crippen LogP contribution in [0.15, 0.2) is 96.6 Å². The number of hydrogen-bond acceptors (Lipinski definition) is 9. The van der Waals surface area contributed by atoms with Crippen LogP contribution in [-0.2, 0) is 9.53 Å². The number of esters is 1. The normalized spacial score (nSPS) is 14.8. The van der Waals surface area contributed by atoms with Crippen molar-refractivity contribution in [1.82, 2.24) is 4.57 Å². The number of furan rings is 2. The lowest BCUT2D eigenvalue weighted by atomic mass is 10.0. The predicted octanol–water partition coefficient (Wildman–Crippen LogP) is 6.53. The van der Waals surface area contributed by atoms with E-state index >= 15 is 0 Å². The number of non-ortho nitro benzene ring substituents is 1. The van der Waals surface area contributed by atoms with Crippen LogP contribution in [0.4, 0.5) is 5.69 Å². The Kier molecular flexibility index (Phi) is 7.85. The average molecular weight is 650 g/mol. The molecule has 1 atom stereocenters. The molecule has 10 nitrogen and oxygen atoms in total. The summed E-state index contributed by atoms with van der Waals surface area (Å²) in [6.07, 6.45) is 1.60. The first-order valence-corrected chi connectivity index (χ1v) is 14.8. The molecule has 2 aromatic carbocycles. The molecule has 0 spiro atoms. The van der Waals surface area contributed by atoms with Crippen molar-refractivity contribution in [3.63, 3.8) is 0 Å². The summed E-state index contributed by atoms with van der Waals surface area (Å²) in [5.74, 6) is 0.898. The van der Waals surface area contributed by atoms with Gasteiger partial charge in [0.2, 0.25) is 0 Å². The van der Waals surface area contributed by atoms with E-state index in [0.29, 0.717) is 53.5 Å². The van der Waals surface area contributed by atoms with Crippen LogP contribution < -0.4 is 14.9 Å². The van der Waals surface area contributed by atoms with Gasteiger partial charge in [-0.25, -0.2) is 9.79 Å². The van der Waals surface area contributed by atoms with Gasteiger partial charge in [0, 0.05) is 29.3 Å². The lowest BCUT2D eigenvalue weighted by molar-refractivity contribution is -0.384. The zero-order valence-electron chi connectivity index (χ0n) is 23.1. The van der Waals surface area contributed by atoms with Crippen molar-refractivity contribution in [2.24, 2.45) is 4.99 Å². The standard InChI is InChI=1S/C31H21Cl2N3O7S/c1-3-41-30(38)27-16(2)34-31-35(28(27)25-12-11-24(43-25)17-5-4-6-19(13-17)36(39)40)29(37)26(44-31)15-20-8-10-23(42-20)18-7-9-21(32)22(33)14-18/h4-15,28H,3H2,1-2H3/b26-15-/t28-/m1/s1. The first-order chi connectivity index (χ1) is 21.1. The Bertz CT molecular complexity index is 2170. The molecule has 0 saturated carbocycles. The SMILES string of the molecule is CCOC(=O)C1=C(C)N=c2s/c(=C\c3ccc(-c4ccc(Cl)c(Cl)c4)o3)c(=O)n2[C@@H]1c1ccc(-c2cccc([N+](=O)[O-])c2)o1. The van der Waals surface area contributed by atoms with Crippen LogP contribution in [0.2, 0.25) is 10.0 Å². The maximum atomic E-state index is 13.9. The number of nitrogens with zero attached hydrogens (tertiary/aromatic N) is 3. The van der Waals surface area contributed by atoms with Gasteiger partial charge in [0.25, 0.3) is 11.2 Å². The van der Waals surface area contributed by atoms with E-state index in [1.807, 2.05) is 0 Å². The number of carbonyl (C=O) groups excluding carboxylic acids is 1. The van der Waals surface area contributed by atoms with E-state index in [0.717, 1.165) is 11.3 Å². The van der Waals surface area contributed by atoms with Gasteiger partial charge in [0.15, 0.2) is 4.80 Å². The van der Waals surface area contributed by atoms with Crippen LogP contribution in [0, 0.1) is 10.1 Å². The van der Waals surface area contributed by atoms with Crippen LogP contribution >= 0.6 is 34.5 Å². The van der Waals surface area contributed by atoms with Gasteiger partial charge in [-0.1, -0.05) is 46.7 Å². The van der Waals surface area contributed by atoms with Crippen LogP contribution in [0.1, 0.15) is 31.4 Å². The van der Waals surface area contributed by atoms with E-state index in [2.05, 4.69) is 4.99 Å². The van der Waals surface area contributed by atoms with Gasteiger partial charge in [-0.3, -0.25) is 19.5 Å². The van der Waals surface area contributed by atoms with Crippen molar-refractivity contribution in [2.75, 3.05) is 6.61 Å². The Balaban J connectivity index is 1.45. The van der Waals surface area contributed by atoms with Crippen molar-refractivity contribution in [2.45, 2.75) is 19.9 Å². The van der Waals surface area contributed by atoms with E-state index in [-0.39, 0.29) is 23.6 Å². The molecule has 5 aromatic rings. The number of thiazole rings is 1. The molecule has 0 bridgehead atoms. The molecule has 6 rings (SSSR count). The van der Waals surface area contributed by atoms with Gasteiger partial charge >= 0.3 is 5.97 Å². The number of nitro groups is 1. The number of nitro benzene ring substituents is 1. The lowest BCUT2D eigenvalue weighted by Crippen LogP contribution is -2.39. The number of fused-ring (bicyclic) bond motifs is 1. The predicted molar refractivity (Wildman–Crippen MR) is 165 cm³/mol. The molecule has 0 aliphatic carbocycles. The van der Waals surface area contributed by atoms with Crippen molar-refractivity contribution in [3.8, 4) is 22.6 Å². The van der Waals surface area contributed by atoms with Gasteiger partial charge in [-0.05, 0) is 56.3 Å². The summed E-state index contributed by atoms with van der Waals surface area (Å²) in [7, 11) is 0. The van der Waals surface area contributed by atoms with Crippen LogP contribution in [-0.4, -0.2) is 22.1 Å². The quantitative estimate of drug-likeness (QED) is 0.111. The number of ether oxygens (including phenoxy) is 1. The largest absolute Gasteiger partial charge is 0.463 e. The molecule has 0 unspecified atom stereocenters. The molecule has 4 heterocycles. The first-order valence-electron chi connectivity index (χ1n) is 13.2. The van der Waals surface area contributed by atoms with Crippen LogP contribution in [0.25, 0.3) is 28.7 Å². The molecule has 1 aliphatic rings. The summed E-state index contributed by atoms with van der Waals surface area (Å²) >= 11 is 13.3. The molecule has 3 aromatic heterocycles. The topological polar surface area (TPSA) is 130 Å². The Hall–Kier alpha value is -4.71. The molecular weight excluding hydrogens is 629 g/mol. The molecule has 44 heavy (non-hydrogen) atoms. The van der Waals surface area contributed by atoms with E-state index in [1.165, 1.54) is 16.7 Å². The summed E-state index contributed by atoms with van der Waals surface area (Å²) in [5, 5.41) is 12.1. The summed E-state index contributed by atoms with van der Waals surface area (Å²) in [4.78, 5) is 42.8. The van der Waals surface area contributed by atoms with Gasteiger partial charge in [-0.2, -0.15) is 0 Å². The van der Waals surface area contributed by atoms with Crippen molar-refractivity contribution in [1.29, 1.82) is 0 Å². The third-order valence-corrected chi connectivity index (χ3v) is 8.58. The molecule has 0 amide bonds. The number of halogens is 2. The summed E-state index contributed by atoms with van der Waals surface area (Å²) in [6.45, 7) is 3.46. The maximum absolute atomic E-state index is 13.9. The monoisotopic (exact) mass is 649 g/mol. The van der Waals surface area contributed by atoms with E-state index in [9.17, 15) is 19.7 Å². The lowest BCUT2D eigenvalue weighted by Gasteiger charge is -2.22. The molecule has 0 radical (unpaired) electrons. The van der Waals surface area contributed by atoms with E-state index in [1.54, 1.807) is 74.5 Å². The molecule has 222 valence electrons. The molecule has 13 heteroatoms. The van der Waals surface area contributed by atoms with Gasteiger partial charge in [-0.15, -0.1) is 0 Å². The minimum Gasteiger partial charge on any atom is -0.463 e. The Morgan fingerprint density at radius 1 is 1.07 bits per heavy atom. The minimum absolute atomic E-state index is 0.100. The average Bonchev–Trinajstić information content (AvgIpc) is 3.74. The molecule has 0 N–H and O–H groups in total. The smallest absolute Gasteiger partial charge is 0.338 e. The third-order valence-electron chi connectivity index (χ3n) is 6.86. The van der Waals surface area contributed by atoms with Crippen LogP contribution in [0.5, 0.6) is 0 Å². The fourth-order valence-corrected chi connectivity index (χ4v) is 6.18. The number of allylic oxidation sites excluding steroid dienone is 1. The zero-order valence-corrected chi connectivity index (χ0v) is 25.4. The number of aromatic nitrogens is 1. The Morgan fingerprint density at radius 2 is 1.82 bits per heavy atom. The highest BCUT2D eigenvalue weighted by Crippen LogP contribution is 2.35. The van der Waals surface area contributed by atoms with Crippen molar-refractivity contribution in [3.05, 3.63) is 129 Å². The molecule has 0 saturated heterocycles. The van der Waals surface area contributed by atoms with Gasteiger partial charge in [0.1, 0.15) is 29.1 Å². The third kappa shape index (κ3) is 5.41. The van der Waals surface area contributed by atoms with E-state index in [4.69, 9.17) is 36.8 Å². The highest BCUT2D eigenvalue weighted by atomic mass is 35.5. The molecule has 1 aliphatic heterocycles. The van der Waals surface area contributed by atoms with E-state index < -0.39 is 22.5 Å². The zero-order chi connectivity index (χ0) is 31.1. The number of carbonyl (C=O) groups is 1. The van der Waals surface area contributed by atoms with Crippen LogP contribution in [0.3, 0.4) is 0 Å². The fourth-order valence-electron chi connectivity index (χ4n) is 4.85. The summed E-state index contributed by atoms with van der Waals surface area (Å²) in [5.41, 5.74) is 1.17. The molecular formula is C31H21Cl2N3O7S. The second kappa shape index (κ2) is 11.8. The highest BCUT2D eigenvalue weighted by molar-refractivity contribution is 7.07. The highest BCUT2D eigenvalue weighted by Gasteiger charge is 2.35. The maximum Gasteiger partial charge on any atom is 0.338 e. The van der Waals surface area contributed by atoms with Gasteiger partial charge < -0.3 is 13.6 Å². The summed E-state index contributed by atoms with van der Waals surface area (Å²) < 4.78 is 19.2. The summed E-state index contributed by atoms with van der Waals surface area (Å²) in [6, 6.07) is 16.9. The minimum atomic E-state index is -0.997. The molecule has 0 fully saturated rings. The van der Waals surface area contributed by atoms with Gasteiger partial charge in [0.05, 0.1) is 37.4 Å². The second-order valence-corrected chi connectivity index (χ2v) is 11.5. The number of benzene rings is 2. The fraction of sp³-hybridized carbons (Fsp3) is 0.129. The number of hydrogen-bond donors (Lipinski definition) is 0.